The van der Waals surface area contributed by atoms with Crippen LogP contribution in [0.15, 0.2) is 97.3 Å². The Morgan fingerprint density at radius 2 is 1.65 bits per heavy atom. The summed E-state index contributed by atoms with van der Waals surface area (Å²) in [6.07, 6.45) is 3.35. The molecule has 1 aromatic heterocycles. The Bertz CT molecular complexity index is 1250. The number of nitrogens with zero attached hydrogens (tertiary/aromatic N) is 3. The van der Waals surface area contributed by atoms with Crippen molar-refractivity contribution in [1.82, 2.24) is 9.97 Å². The SMILES string of the molecule is O=C(Nc1ccccc1Oc1ccccc1)C1CCCN(c2cc(-c3ccccc3)ncn2)C1. The molecule has 34 heavy (non-hydrogen) atoms. The molecule has 1 aliphatic rings. The molecule has 6 nitrogen and oxygen atoms in total. The van der Waals surface area contributed by atoms with Crippen LogP contribution in [0.5, 0.6) is 11.5 Å². The van der Waals surface area contributed by atoms with Gasteiger partial charge >= 0.3 is 0 Å². The van der Waals surface area contributed by atoms with Crippen molar-refractivity contribution in [2.24, 2.45) is 5.92 Å². The quantitative estimate of drug-likeness (QED) is 0.403. The van der Waals surface area contributed by atoms with E-state index in [1.807, 2.05) is 91.0 Å². The number of nitrogens with one attached hydrogen (secondary N) is 1. The van der Waals surface area contributed by atoms with Crippen LogP contribution in [0.25, 0.3) is 11.3 Å². The zero-order valence-electron chi connectivity index (χ0n) is 18.8. The van der Waals surface area contributed by atoms with E-state index in [0.717, 1.165) is 42.2 Å². The predicted octanol–water partition coefficient (Wildman–Crippen LogP) is 5.79. The van der Waals surface area contributed by atoms with Crippen molar-refractivity contribution < 1.29 is 9.53 Å². The first kappa shape index (κ1) is 21.6. The maximum atomic E-state index is 13.2. The highest BCUT2D eigenvalue weighted by atomic mass is 16.5. The Hall–Kier alpha value is -4.19. The topological polar surface area (TPSA) is 67.3 Å². The largest absolute Gasteiger partial charge is 0.455 e. The molecular formula is C28H26N4O2. The van der Waals surface area contributed by atoms with Gasteiger partial charge < -0.3 is 15.0 Å². The van der Waals surface area contributed by atoms with Crippen LogP contribution in [0, 0.1) is 5.92 Å². The lowest BCUT2D eigenvalue weighted by Gasteiger charge is -2.33. The number of benzene rings is 3. The van der Waals surface area contributed by atoms with Crippen LogP contribution in [0.1, 0.15) is 12.8 Å². The predicted molar refractivity (Wildman–Crippen MR) is 134 cm³/mol. The smallest absolute Gasteiger partial charge is 0.229 e. The van der Waals surface area contributed by atoms with Gasteiger partial charge in [-0.15, -0.1) is 0 Å². The number of anilines is 2. The van der Waals surface area contributed by atoms with E-state index in [-0.39, 0.29) is 11.8 Å². The second-order valence-electron chi connectivity index (χ2n) is 8.31. The van der Waals surface area contributed by atoms with Gasteiger partial charge in [-0.3, -0.25) is 4.79 Å². The number of aromatic nitrogens is 2. The summed E-state index contributed by atoms with van der Waals surface area (Å²) < 4.78 is 6.00. The highest BCUT2D eigenvalue weighted by Crippen LogP contribution is 2.31. The summed E-state index contributed by atoms with van der Waals surface area (Å²) in [4.78, 5) is 24.3. The number of rotatable bonds is 6. The monoisotopic (exact) mass is 450 g/mol. The van der Waals surface area contributed by atoms with E-state index in [2.05, 4.69) is 20.2 Å². The third-order valence-electron chi connectivity index (χ3n) is 5.95. The lowest BCUT2D eigenvalue weighted by Crippen LogP contribution is -2.41. The summed E-state index contributed by atoms with van der Waals surface area (Å²) in [6.45, 7) is 1.47. The van der Waals surface area contributed by atoms with Gasteiger partial charge in [-0.1, -0.05) is 60.7 Å². The van der Waals surface area contributed by atoms with Crippen molar-refractivity contribution in [1.29, 1.82) is 0 Å². The molecule has 1 saturated heterocycles. The molecule has 1 amide bonds. The van der Waals surface area contributed by atoms with Crippen LogP contribution in [-0.4, -0.2) is 29.0 Å². The summed E-state index contributed by atoms with van der Waals surface area (Å²) in [5.74, 6) is 2.04. The van der Waals surface area contributed by atoms with Crippen LogP contribution < -0.4 is 15.0 Å². The summed E-state index contributed by atoms with van der Waals surface area (Å²) in [5, 5.41) is 3.09. The van der Waals surface area contributed by atoms with Gasteiger partial charge in [-0.25, -0.2) is 9.97 Å². The van der Waals surface area contributed by atoms with E-state index in [0.29, 0.717) is 18.0 Å². The number of hydrogen-bond acceptors (Lipinski definition) is 5. The summed E-state index contributed by atoms with van der Waals surface area (Å²) in [5.41, 5.74) is 2.60. The molecular weight excluding hydrogens is 424 g/mol. The average molecular weight is 451 g/mol. The van der Waals surface area contributed by atoms with Gasteiger partial charge in [0, 0.05) is 24.7 Å². The van der Waals surface area contributed by atoms with Crippen LogP contribution >= 0.6 is 0 Å². The van der Waals surface area contributed by atoms with Crippen molar-refractivity contribution in [2.75, 3.05) is 23.3 Å². The summed E-state index contributed by atoms with van der Waals surface area (Å²) in [6, 6.07) is 29.1. The molecule has 5 rings (SSSR count). The molecule has 0 radical (unpaired) electrons. The Balaban J connectivity index is 1.28. The van der Waals surface area contributed by atoms with Crippen molar-refractivity contribution in [3.8, 4) is 22.8 Å². The molecule has 0 spiro atoms. The van der Waals surface area contributed by atoms with Crippen molar-refractivity contribution in [3.05, 3.63) is 97.3 Å². The normalized spacial score (nSPS) is 15.5. The second-order valence-corrected chi connectivity index (χ2v) is 8.31. The zero-order valence-corrected chi connectivity index (χ0v) is 18.8. The van der Waals surface area contributed by atoms with E-state index in [1.54, 1.807) is 6.33 Å². The van der Waals surface area contributed by atoms with E-state index >= 15 is 0 Å². The summed E-state index contributed by atoms with van der Waals surface area (Å²) in [7, 11) is 0. The Morgan fingerprint density at radius 3 is 2.47 bits per heavy atom. The molecule has 1 N–H and O–H groups in total. The Labute approximate surface area is 199 Å². The Morgan fingerprint density at radius 1 is 0.912 bits per heavy atom. The first-order valence-corrected chi connectivity index (χ1v) is 11.5. The lowest BCUT2D eigenvalue weighted by molar-refractivity contribution is -0.120. The molecule has 6 heteroatoms. The maximum Gasteiger partial charge on any atom is 0.229 e. The average Bonchev–Trinajstić information content (AvgIpc) is 2.91. The van der Waals surface area contributed by atoms with Gasteiger partial charge in [0.2, 0.25) is 5.91 Å². The fourth-order valence-corrected chi connectivity index (χ4v) is 4.20. The molecule has 1 fully saturated rings. The highest BCUT2D eigenvalue weighted by Gasteiger charge is 2.27. The molecule has 1 atom stereocenters. The van der Waals surface area contributed by atoms with E-state index < -0.39 is 0 Å². The number of piperidine rings is 1. The third kappa shape index (κ3) is 5.07. The minimum Gasteiger partial charge on any atom is -0.455 e. The van der Waals surface area contributed by atoms with E-state index in [4.69, 9.17) is 4.74 Å². The number of hydrogen-bond donors (Lipinski definition) is 1. The van der Waals surface area contributed by atoms with Crippen molar-refractivity contribution in [3.63, 3.8) is 0 Å². The molecule has 1 aliphatic heterocycles. The second kappa shape index (κ2) is 10.2. The minimum atomic E-state index is -0.145. The van der Waals surface area contributed by atoms with Gasteiger partial charge in [-0.05, 0) is 37.1 Å². The van der Waals surface area contributed by atoms with Gasteiger partial charge in [-0.2, -0.15) is 0 Å². The highest BCUT2D eigenvalue weighted by molar-refractivity contribution is 5.94. The molecule has 3 aromatic carbocycles. The first-order valence-electron chi connectivity index (χ1n) is 11.5. The standard InChI is InChI=1S/C28H26N4O2/c33-28(31-24-15-7-8-16-26(24)34-23-13-5-2-6-14-23)22-12-9-17-32(19-22)27-18-25(29-20-30-27)21-10-3-1-4-11-21/h1-8,10-11,13-16,18,20,22H,9,12,17,19H2,(H,31,33). The van der Waals surface area contributed by atoms with Gasteiger partial charge in [0.15, 0.2) is 5.75 Å². The molecule has 0 aliphatic carbocycles. The molecule has 170 valence electrons. The maximum absolute atomic E-state index is 13.2. The van der Waals surface area contributed by atoms with Crippen LogP contribution in [0.3, 0.4) is 0 Å². The van der Waals surface area contributed by atoms with E-state index in [9.17, 15) is 4.79 Å². The lowest BCUT2D eigenvalue weighted by atomic mass is 9.97. The van der Waals surface area contributed by atoms with Gasteiger partial charge in [0.05, 0.1) is 17.3 Å². The van der Waals surface area contributed by atoms with Crippen LogP contribution in [-0.2, 0) is 4.79 Å². The van der Waals surface area contributed by atoms with E-state index in [1.165, 1.54) is 0 Å². The van der Waals surface area contributed by atoms with Crippen LogP contribution in [0.4, 0.5) is 11.5 Å². The number of amides is 1. The molecule has 0 bridgehead atoms. The number of para-hydroxylation sites is 3. The third-order valence-corrected chi connectivity index (χ3v) is 5.95. The van der Waals surface area contributed by atoms with Crippen LogP contribution in [0.2, 0.25) is 0 Å². The molecule has 2 heterocycles. The first-order chi connectivity index (χ1) is 16.8. The number of carbonyl (C=O) groups excluding carboxylic acids is 1. The molecule has 0 saturated carbocycles. The molecule has 4 aromatic rings. The van der Waals surface area contributed by atoms with Gasteiger partial charge in [0.1, 0.15) is 17.9 Å². The minimum absolute atomic E-state index is 0.00819. The molecule has 1 unspecified atom stereocenters. The fourth-order valence-electron chi connectivity index (χ4n) is 4.20. The number of ether oxygens (including phenoxy) is 1. The van der Waals surface area contributed by atoms with Crippen molar-refractivity contribution in [2.45, 2.75) is 12.8 Å². The number of carbonyl (C=O) groups is 1. The van der Waals surface area contributed by atoms with Crippen molar-refractivity contribution >= 4 is 17.4 Å². The summed E-state index contributed by atoms with van der Waals surface area (Å²) >= 11 is 0. The van der Waals surface area contributed by atoms with Gasteiger partial charge in [0.25, 0.3) is 0 Å². The Kier molecular flexibility index (Phi) is 6.47. The zero-order chi connectivity index (χ0) is 23.2. The fraction of sp³-hybridized carbons (Fsp3) is 0.179.